The number of hydrogen-bond donors (Lipinski definition) is 1. The van der Waals surface area contributed by atoms with E-state index in [1.807, 2.05) is 78.6 Å². The molecule has 1 aliphatic rings. The molecular weight excluding hydrogens is 352 g/mol. The van der Waals surface area contributed by atoms with Crippen molar-refractivity contribution in [2.24, 2.45) is 0 Å². The van der Waals surface area contributed by atoms with Gasteiger partial charge in [-0.15, -0.1) is 0 Å². The van der Waals surface area contributed by atoms with Gasteiger partial charge < -0.3 is 15.0 Å². The van der Waals surface area contributed by atoms with Crippen LogP contribution in [0.15, 0.2) is 66.9 Å². The van der Waals surface area contributed by atoms with Crippen LogP contribution in [0.25, 0.3) is 16.9 Å². The Kier molecular flexibility index (Phi) is 5.50. The van der Waals surface area contributed by atoms with E-state index in [-0.39, 0.29) is 11.9 Å². The number of ether oxygens (including phenoxy) is 1. The Morgan fingerprint density at radius 1 is 1.18 bits per heavy atom. The van der Waals surface area contributed by atoms with Crippen LogP contribution in [0.5, 0.6) is 0 Å². The van der Waals surface area contributed by atoms with Crippen LogP contribution in [-0.2, 0) is 16.1 Å². The Hall–Kier alpha value is -2.96. The van der Waals surface area contributed by atoms with Gasteiger partial charge in [-0.1, -0.05) is 48.5 Å². The van der Waals surface area contributed by atoms with Crippen molar-refractivity contribution in [1.29, 1.82) is 0 Å². The van der Waals surface area contributed by atoms with Gasteiger partial charge in [0.2, 0.25) is 5.91 Å². The molecule has 0 spiro atoms. The van der Waals surface area contributed by atoms with E-state index >= 15 is 0 Å². The summed E-state index contributed by atoms with van der Waals surface area (Å²) in [6.45, 7) is 2.24. The molecule has 1 saturated heterocycles. The Morgan fingerprint density at radius 3 is 2.57 bits per heavy atom. The van der Waals surface area contributed by atoms with E-state index in [1.165, 1.54) is 0 Å². The Morgan fingerprint density at radius 2 is 1.89 bits per heavy atom. The number of rotatable bonds is 5. The Bertz CT molecular complexity index is 918. The number of carbonyl (C=O) groups is 1. The lowest BCUT2D eigenvalue weighted by molar-refractivity contribution is -0.135. The summed E-state index contributed by atoms with van der Waals surface area (Å²) in [7, 11) is 1.83. The maximum Gasteiger partial charge on any atom is 0.242 e. The summed E-state index contributed by atoms with van der Waals surface area (Å²) in [6, 6.07) is 19.8. The van der Waals surface area contributed by atoms with Crippen molar-refractivity contribution in [2.45, 2.75) is 12.6 Å². The highest BCUT2D eigenvalue weighted by molar-refractivity contribution is 5.82. The first-order valence-electron chi connectivity index (χ1n) is 9.48. The van der Waals surface area contributed by atoms with Crippen LogP contribution < -0.4 is 5.32 Å². The molecule has 6 heteroatoms. The molecule has 1 atom stereocenters. The highest BCUT2D eigenvalue weighted by Crippen LogP contribution is 2.24. The molecular formula is C22H24N4O2. The number of amides is 1. The van der Waals surface area contributed by atoms with Gasteiger partial charge in [-0.2, -0.15) is 5.10 Å². The minimum Gasteiger partial charge on any atom is -0.378 e. The molecule has 0 radical (unpaired) electrons. The lowest BCUT2D eigenvalue weighted by Crippen LogP contribution is -2.51. The average molecular weight is 376 g/mol. The molecule has 1 fully saturated rings. The third kappa shape index (κ3) is 3.98. The normalized spacial score (nSPS) is 16.7. The number of carbonyl (C=O) groups excluding carboxylic acids is 1. The number of aromatic nitrogens is 2. The van der Waals surface area contributed by atoms with Crippen LogP contribution in [-0.4, -0.2) is 53.4 Å². The molecule has 0 saturated carbocycles. The van der Waals surface area contributed by atoms with Crippen molar-refractivity contribution < 1.29 is 9.53 Å². The summed E-state index contributed by atoms with van der Waals surface area (Å²) in [5, 5.41) is 8.04. The number of likely N-dealkylation sites (N-methyl/N-ethyl adjacent to an activating group) is 1. The van der Waals surface area contributed by atoms with E-state index in [4.69, 9.17) is 9.84 Å². The summed E-state index contributed by atoms with van der Waals surface area (Å²) in [4.78, 5) is 14.5. The molecule has 1 amide bonds. The van der Waals surface area contributed by atoms with Crippen LogP contribution in [0.2, 0.25) is 0 Å². The molecule has 144 valence electrons. The monoisotopic (exact) mass is 376 g/mol. The summed E-state index contributed by atoms with van der Waals surface area (Å²) < 4.78 is 7.31. The van der Waals surface area contributed by atoms with E-state index in [0.29, 0.717) is 26.3 Å². The number of hydrogen-bond acceptors (Lipinski definition) is 4. The maximum atomic E-state index is 12.8. The van der Waals surface area contributed by atoms with Crippen LogP contribution in [0, 0.1) is 0 Å². The van der Waals surface area contributed by atoms with E-state index in [1.54, 1.807) is 4.90 Å². The highest BCUT2D eigenvalue weighted by atomic mass is 16.5. The Balaban J connectivity index is 1.63. The molecule has 1 aliphatic heterocycles. The minimum atomic E-state index is -0.289. The molecule has 0 bridgehead atoms. The summed E-state index contributed by atoms with van der Waals surface area (Å²) in [5.41, 5.74) is 3.91. The van der Waals surface area contributed by atoms with E-state index in [2.05, 4.69) is 5.32 Å². The topological polar surface area (TPSA) is 59.4 Å². The fraction of sp³-hybridized carbons (Fsp3) is 0.273. The van der Waals surface area contributed by atoms with Gasteiger partial charge in [0, 0.05) is 37.5 Å². The molecule has 2 heterocycles. The summed E-state index contributed by atoms with van der Waals surface area (Å²) >= 11 is 0. The third-order valence-electron chi connectivity index (χ3n) is 4.86. The fourth-order valence-corrected chi connectivity index (χ4v) is 3.40. The fourth-order valence-electron chi connectivity index (χ4n) is 3.40. The second-order valence-electron chi connectivity index (χ2n) is 6.93. The molecule has 1 aromatic heterocycles. The highest BCUT2D eigenvalue weighted by Gasteiger charge is 2.25. The van der Waals surface area contributed by atoms with Crippen molar-refractivity contribution >= 4 is 5.91 Å². The maximum absolute atomic E-state index is 12.8. The lowest BCUT2D eigenvalue weighted by atomic mass is 10.1. The van der Waals surface area contributed by atoms with Gasteiger partial charge in [0.05, 0.1) is 24.6 Å². The van der Waals surface area contributed by atoms with E-state index in [9.17, 15) is 4.79 Å². The minimum absolute atomic E-state index is 0.0335. The summed E-state index contributed by atoms with van der Waals surface area (Å²) in [5.74, 6) is 0.0335. The van der Waals surface area contributed by atoms with Gasteiger partial charge in [0.25, 0.3) is 0 Å². The molecule has 1 N–H and O–H groups in total. The number of nitrogens with zero attached hydrogens (tertiary/aromatic N) is 3. The van der Waals surface area contributed by atoms with Gasteiger partial charge in [-0.25, -0.2) is 4.68 Å². The van der Waals surface area contributed by atoms with Gasteiger partial charge in [0.15, 0.2) is 0 Å². The molecule has 1 unspecified atom stereocenters. The van der Waals surface area contributed by atoms with Crippen molar-refractivity contribution in [3.8, 4) is 16.9 Å². The molecule has 6 nitrogen and oxygen atoms in total. The van der Waals surface area contributed by atoms with Crippen LogP contribution in [0.4, 0.5) is 0 Å². The first kappa shape index (κ1) is 18.4. The molecule has 4 rings (SSSR count). The molecule has 0 aliphatic carbocycles. The van der Waals surface area contributed by atoms with Crippen LogP contribution >= 0.6 is 0 Å². The average Bonchev–Trinajstić information content (AvgIpc) is 3.19. The van der Waals surface area contributed by atoms with Crippen LogP contribution in [0.1, 0.15) is 5.56 Å². The quantitative estimate of drug-likeness (QED) is 0.743. The first-order chi connectivity index (χ1) is 13.7. The second-order valence-corrected chi connectivity index (χ2v) is 6.93. The first-order valence-corrected chi connectivity index (χ1v) is 9.48. The predicted molar refractivity (Wildman–Crippen MR) is 108 cm³/mol. The van der Waals surface area contributed by atoms with Crippen LogP contribution in [0.3, 0.4) is 0 Å². The predicted octanol–water partition coefficient (Wildman–Crippen LogP) is 2.49. The molecule has 28 heavy (non-hydrogen) atoms. The van der Waals surface area contributed by atoms with Crippen molar-refractivity contribution in [3.63, 3.8) is 0 Å². The third-order valence-corrected chi connectivity index (χ3v) is 4.86. The molecule has 3 aromatic rings. The zero-order valence-corrected chi connectivity index (χ0v) is 15.9. The largest absolute Gasteiger partial charge is 0.378 e. The van der Waals surface area contributed by atoms with E-state index in [0.717, 1.165) is 22.5 Å². The number of para-hydroxylation sites is 1. The van der Waals surface area contributed by atoms with Gasteiger partial charge in [-0.05, 0) is 12.1 Å². The standard InChI is InChI=1S/C22H24N4O2/c1-25(22(27)20-16-28-13-12-23-20)14-18-15-26(19-10-6-3-7-11-19)24-21(18)17-8-4-2-5-9-17/h2-11,15,20,23H,12-14,16H2,1H3. The zero-order valence-electron chi connectivity index (χ0n) is 15.9. The smallest absolute Gasteiger partial charge is 0.242 e. The molecule has 2 aromatic carbocycles. The SMILES string of the molecule is CN(Cc1cn(-c2ccccc2)nc1-c1ccccc1)C(=O)C1COCCN1. The van der Waals surface area contributed by atoms with Gasteiger partial charge in [0.1, 0.15) is 6.04 Å². The van der Waals surface area contributed by atoms with E-state index < -0.39 is 0 Å². The summed E-state index contributed by atoms with van der Waals surface area (Å²) in [6.07, 6.45) is 2.01. The van der Waals surface area contributed by atoms with Crippen molar-refractivity contribution in [2.75, 3.05) is 26.8 Å². The Labute approximate surface area is 164 Å². The van der Waals surface area contributed by atoms with Gasteiger partial charge >= 0.3 is 0 Å². The van der Waals surface area contributed by atoms with Crippen molar-refractivity contribution in [1.82, 2.24) is 20.0 Å². The number of morpholine rings is 1. The lowest BCUT2D eigenvalue weighted by Gasteiger charge is -2.27. The second kappa shape index (κ2) is 8.37. The zero-order chi connectivity index (χ0) is 19.3. The van der Waals surface area contributed by atoms with Gasteiger partial charge in [-0.3, -0.25) is 4.79 Å². The number of nitrogens with one attached hydrogen (secondary N) is 1. The number of benzene rings is 2. The van der Waals surface area contributed by atoms with Crippen molar-refractivity contribution in [3.05, 3.63) is 72.4 Å².